The summed E-state index contributed by atoms with van der Waals surface area (Å²) in [7, 11) is 1.71. The second-order valence-electron chi connectivity index (χ2n) is 11.0. The molecule has 0 aliphatic carbocycles. The van der Waals surface area contributed by atoms with E-state index in [1.54, 1.807) is 7.11 Å². The van der Waals surface area contributed by atoms with Gasteiger partial charge in [0.05, 0.1) is 11.8 Å². The number of rotatable bonds is 14. The summed E-state index contributed by atoms with van der Waals surface area (Å²) in [6.45, 7) is 11.5. The number of aryl methyl sites for hydroxylation is 2. The molecule has 204 valence electrons. The molecule has 0 fully saturated rings. The van der Waals surface area contributed by atoms with Crippen LogP contribution in [-0.4, -0.2) is 76.4 Å². The Hall–Kier alpha value is -2.78. The number of anilines is 2. The summed E-state index contributed by atoms with van der Waals surface area (Å²) in [5.41, 5.74) is 3.16. The summed E-state index contributed by atoms with van der Waals surface area (Å²) in [4.78, 5) is 27.7. The third-order valence-electron chi connectivity index (χ3n) is 6.82. The molecule has 0 saturated carbocycles. The molecule has 0 unspecified atom stereocenters. The molecule has 1 aliphatic heterocycles. The van der Waals surface area contributed by atoms with Crippen molar-refractivity contribution in [3.63, 3.8) is 0 Å². The Balaban J connectivity index is 1.53. The van der Waals surface area contributed by atoms with Gasteiger partial charge in [0, 0.05) is 43.9 Å². The largest absolute Gasteiger partial charge is 0.480 e. The van der Waals surface area contributed by atoms with Crippen LogP contribution in [-0.2, 0) is 27.8 Å². The molecule has 0 aromatic carbocycles. The molecule has 0 bridgehead atoms. The Morgan fingerprint density at radius 2 is 2.05 bits per heavy atom. The molecule has 2 atom stereocenters. The molecular weight excluding hydrogens is 468 g/mol. The summed E-state index contributed by atoms with van der Waals surface area (Å²) in [6.07, 6.45) is 7.25. The number of aromatic nitrogens is 3. The van der Waals surface area contributed by atoms with E-state index in [0.717, 1.165) is 62.5 Å². The standard InChI is InChI=1S/C28H44N6O3/c1-20(37-5)18-34(15-7-6-10-22-12-11-21-9-8-14-29-26(21)32-22)16-13-23(27(35)36)33-25-17-24(28(2,3)4)30-19-31-25/h11-12,17,19-20,23H,6-10,13-16,18H2,1-5H3,(H,29,32)(H,35,36)(H,30,31,33)/t20-,23-/m1/s1. The third kappa shape index (κ3) is 9.23. The van der Waals surface area contributed by atoms with Crippen LogP contribution in [0.15, 0.2) is 24.5 Å². The quantitative estimate of drug-likeness (QED) is 0.321. The molecule has 0 spiro atoms. The van der Waals surface area contributed by atoms with Crippen LogP contribution in [0.4, 0.5) is 11.6 Å². The number of carbonyl (C=O) groups is 1. The van der Waals surface area contributed by atoms with Crippen LogP contribution in [0.2, 0.25) is 0 Å². The monoisotopic (exact) mass is 512 g/mol. The number of pyridine rings is 1. The van der Waals surface area contributed by atoms with Crippen LogP contribution in [0.1, 0.15) is 70.3 Å². The van der Waals surface area contributed by atoms with Crippen LogP contribution in [0.3, 0.4) is 0 Å². The summed E-state index contributed by atoms with van der Waals surface area (Å²) in [5.74, 6) is 0.698. The van der Waals surface area contributed by atoms with Crippen molar-refractivity contribution in [3.05, 3.63) is 41.5 Å². The molecule has 3 N–H and O–H groups in total. The van der Waals surface area contributed by atoms with E-state index in [9.17, 15) is 9.90 Å². The number of hydrogen-bond acceptors (Lipinski definition) is 8. The van der Waals surface area contributed by atoms with Gasteiger partial charge in [-0.1, -0.05) is 26.8 Å². The van der Waals surface area contributed by atoms with E-state index < -0.39 is 12.0 Å². The molecule has 0 saturated heterocycles. The summed E-state index contributed by atoms with van der Waals surface area (Å²) in [6, 6.07) is 5.45. The fourth-order valence-electron chi connectivity index (χ4n) is 4.48. The van der Waals surface area contributed by atoms with Crippen molar-refractivity contribution in [2.24, 2.45) is 0 Å². The zero-order valence-corrected chi connectivity index (χ0v) is 23.1. The molecule has 37 heavy (non-hydrogen) atoms. The Labute approximate surface area is 221 Å². The first kappa shape index (κ1) is 28.8. The van der Waals surface area contributed by atoms with Gasteiger partial charge in [0.1, 0.15) is 24.0 Å². The third-order valence-corrected chi connectivity index (χ3v) is 6.82. The zero-order chi connectivity index (χ0) is 26.8. The van der Waals surface area contributed by atoms with E-state index in [1.807, 2.05) is 13.0 Å². The van der Waals surface area contributed by atoms with E-state index in [1.165, 1.54) is 18.3 Å². The van der Waals surface area contributed by atoms with Crippen LogP contribution in [0, 0.1) is 0 Å². The van der Waals surface area contributed by atoms with Gasteiger partial charge in [0.25, 0.3) is 0 Å². The maximum Gasteiger partial charge on any atom is 0.326 e. The van der Waals surface area contributed by atoms with Crippen molar-refractivity contribution in [1.82, 2.24) is 19.9 Å². The van der Waals surface area contributed by atoms with E-state index in [-0.39, 0.29) is 11.5 Å². The molecule has 9 nitrogen and oxygen atoms in total. The lowest BCUT2D eigenvalue weighted by Gasteiger charge is -2.27. The zero-order valence-electron chi connectivity index (χ0n) is 23.1. The van der Waals surface area contributed by atoms with Gasteiger partial charge in [-0.2, -0.15) is 0 Å². The SMILES string of the molecule is CO[C@H](C)CN(CCCCc1ccc2c(n1)NCCC2)CC[C@@H](Nc1cc(C(C)(C)C)ncn1)C(=O)O. The highest BCUT2D eigenvalue weighted by Gasteiger charge is 2.22. The first-order chi connectivity index (χ1) is 17.7. The number of fused-ring (bicyclic) bond motifs is 1. The molecule has 0 radical (unpaired) electrons. The van der Waals surface area contributed by atoms with Gasteiger partial charge in [-0.25, -0.2) is 19.7 Å². The topological polar surface area (TPSA) is 113 Å². The van der Waals surface area contributed by atoms with Gasteiger partial charge in [-0.05, 0) is 63.6 Å². The number of carboxylic acid groups (broad SMARTS) is 1. The molecular formula is C28H44N6O3. The summed E-state index contributed by atoms with van der Waals surface area (Å²) < 4.78 is 5.50. The second kappa shape index (κ2) is 13.7. The van der Waals surface area contributed by atoms with Crippen molar-refractivity contribution in [2.75, 3.05) is 43.9 Å². The van der Waals surface area contributed by atoms with Gasteiger partial charge in [-0.3, -0.25) is 0 Å². The highest BCUT2D eigenvalue weighted by Crippen LogP contribution is 2.22. The van der Waals surface area contributed by atoms with Crippen molar-refractivity contribution < 1.29 is 14.6 Å². The van der Waals surface area contributed by atoms with Crippen molar-refractivity contribution in [1.29, 1.82) is 0 Å². The first-order valence-electron chi connectivity index (χ1n) is 13.5. The second-order valence-corrected chi connectivity index (χ2v) is 11.0. The normalized spacial score (nSPS) is 15.1. The van der Waals surface area contributed by atoms with Gasteiger partial charge >= 0.3 is 5.97 Å². The number of hydrogen-bond donors (Lipinski definition) is 3. The highest BCUT2D eigenvalue weighted by atomic mass is 16.5. The summed E-state index contributed by atoms with van der Waals surface area (Å²) >= 11 is 0. The predicted molar refractivity (Wildman–Crippen MR) is 147 cm³/mol. The predicted octanol–water partition coefficient (Wildman–Crippen LogP) is 4.14. The van der Waals surface area contributed by atoms with Gasteiger partial charge in [-0.15, -0.1) is 0 Å². The number of ether oxygens (including phenoxy) is 1. The average Bonchev–Trinajstić information content (AvgIpc) is 2.88. The first-order valence-corrected chi connectivity index (χ1v) is 13.5. The van der Waals surface area contributed by atoms with E-state index in [0.29, 0.717) is 18.8 Å². The minimum atomic E-state index is -0.886. The Morgan fingerprint density at radius 3 is 2.78 bits per heavy atom. The summed E-state index contributed by atoms with van der Waals surface area (Å²) in [5, 5.41) is 16.4. The lowest BCUT2D eigenvalue weighted by atomic mass is 9.92. The van der Waals surface area contributed by atoms with Crippen molar-refractivity contribution >= 4 is 17.6 Å². The highest BCUT2D eigenvalue weighted by molar-refractivity contribution is 5.76. The minimum absolute atomic E-state index is 0.0702. The number of unbranched alkanes of at least 4 members (excludes halogenated alkanes) is 1. The number of nitrogens with zero attached hydrogens (tertiary/aromatic N) is 4. The minimum Gasteiger partial charge on any atom is -0.480 e. The Morgan fingerprint density at radius 1 is 1.24 bits per heavy atom. The van der Waals surface area contributed by atoms with E-state index in [2.05, 4.69) is 58.4 Å². The van der Waals surface area contributed by atoms with Crippen LogP contribution in [0.25, 0.3) is 0 Å². The van der Waals surface area contributed by atoms with Crippen LogP contribution >= 0.6 is 0 Å². The fraction of sp³-hybridized carbons (Fsp3) is 0.643. The maximum atomic E-state index is 12.0. The number of methoxy groups -OCH3 is 1. The lowest BCUT2D eigenvalue weighted by molar-refractivity contribution is -0.138. The molecule has 2 aromatic rings. The molecule has 2 aromatic heterocycles. The molecule has 3 rings (SSSR count). The molecule has 0 amide bonds. The lowest BCUT2D eigenvalue weighted by Crippen LogP contribution is -2.38. The molecule has 1 aliphatic rings. The van der Waals surface area contributed by atoms with Gasteiger partial charge in [0.2, 0.25) is 0 Å². The number of carboxylic acids is 1. The average molecular weight is 513 g/mol. The smallest absolute Gasteiger partial charge is 0.326 e. The number of aliphatic carboxylic acids is 1. The fourth-order valence-corrected chi connectivity index (χ4v) is 4.48. The van der Waals surface area contributed by atoms with Crippen molar-refractivity contribution in [3.8, 4) is 0 Å². The van der Waals surface area contributed by atoms with Crippen LogP contribution in [0.5, 0.6) is 0 Å². The van der Waals surface area contributed by atoms with Gasteiger partial charge < -0.3 is 25.4 Å². The van der Waals surface area contributed by atoms with Gasteiger partial charge in [0.15, 0.2) is 0 Å². The Bertz CT molecular complexity index is 1010. The number of nitrogens with one attached hydrogen (secondary N) is 2. The molecule has 9 heteroatoms. The maximum absolute atomic E-state index is 12.0. The van der Waals surface area contributed by atoms with E-state index in [4.69, 9.17) is 9.72 Å². The Kier molecular flexibility index (Phi) is 10.6. The van der Waals surface area contributed by atoms with Crippen molar-refractivity contribution in [2.45, 2.75) is 83.8 Å². The molecule has 3 heterocycles. The van der Waals surface area contributed by atoms with Crippen LogP contribution < -0.4 is 10.6 Å². The van der Waals surface area contributed by atoms with E-state index >= 15 is 0 Å².